The van der Waals surface area contributed by atoms with E-state index in [0.717, 1.165) is 12.8 Å². The van der Waals surface area contributed by atoms with Crippen LogP contribution in [0.4, 0.5) is 0 Å². The quantitative estimate of drug-likeness (QED) is 0.448. The van der Waals surface area contributed by atoms with Crippen LogP contribution in [-0.4, -0.2) is 25.3 Å². The minimum Gasteiger partial charge on any atom is -0.469 e. The maximum atomic E-state index is 11.4. The SMILES string of the molecule is COC(=O)[C@H]1C[C@@H]2CC[C@H]1[C@H]1O[C@@H]21. The first-order chi connectivity index (χ1) is 6.31. The molecule has 0 aromatic rings. The highest BCUT2D eigenvalue weighted by molar-refractivity contribution is 5.73. The van der Waals surface area contributed by atoms with Crippen LogP contribution in [0, 0.1) is 17.8 Å². The second-order valence-corrected chi connectivity index (χ2v) is 4.43. The van der Waals surface area contributed by atoms with Gasteiger partial charge in [0.05, 0.1) is 25.2 Å². The summed E-state index contributed by atoms with van der Waals surface area (Å²) in [6, 6.07) is 0. The van der Waals surface area contributed by atoms with Gasteiger partial charge in [-0.3, -0.25) is 4.79 Å². The number of rotatable bonds is 1. The Morgan fingerprint density at radius 3 is 2.92 bits per heavy atom. The van der Waals surface area contributed by atoms with E-state index < -0.39 is 0 Å². The Bertz CT molecular complexity index is 251. The van der Waals surface area contributed by atoms with Crippen molar-refractivity contribution in [1.82, 2.24) is 0 Å². The molecule has 4 aliphatic rings. The van der Waals surface area contributed by atoms with E-state index in [-0.39, 0.29) is 11.9 Å². The third kappa shape index (κ3) is 0.966. The van der Waals surface area contributed by atoms with Crippen LogP contribution in [0.2, 0.25) is 0 Å². The second-order valence-electron chi connectivity index (χ2n) is 4.43. The molecule has 0 aromatic carbocycles. The van der Waals surface area contributed by atoms with Crippen molar-refractivity contribution in [3.63, 3.8) is 0 Å². The molecule has 0 amide bonds. The molecule has 3 saturated carbocycles. The van der Waals surface area contributed by atoms with Gasteiger partial charge < -0.3 is 9.47 Å². The van der Waals surface area contributed by atoms with Gasteiger partial charge in [0.15, 0.2) is 0 Å². The molecule has 0 spiro atoms. The molecule has 3 nitrogen and oxygen atoms in total. The van der Waals surface area contributed by atoms with Gasteiger partial charge in [-0.05, 0) is 25.2 Å². The molecule has 0 N–H and O–H groups in total. The van der Waals surface area contributed by atoms with Crippen LogP contribution in [0.1, 0.15) is 19.3 Å². The van der Waals surface area contributed by atoms with E-state index >= 15 is 0 Å². The van der Waals surface area contributed by atoms with Crippen molar-refractivity contribution in [2.24, 2.45) is 17.8 Å². The van der Waals surface area contributed by atoms with E-state index in [9.17, 15) is 4.79 Å². The fourth-order valence-corrected chi connectivity index (χ4v) is 3.20. The zero-order valence-electron chi connectivity index (χ0n) is 7.73. The molecule has 0 unspecified atom stereocenters. The molecule has 4 fully saturated rings. The molecular formula is C10H14O3. The smallest absolute Gasteiger partial charge is 0.309 e. The third-order valence-corrected chi connectivity index (χ3v) is 3.90. The van der Waals surface area contributed by atoms with Gasteiger partial charge in [0.25, 0.3) is 0 Å². The van der Waals surface area contributed by atoms with Gasteiger partial charge in [-0.2, -0.15) is 0 Å². The monoisotopic (exact) mass is 182 g/mol. The molecule has 3 aliphatic carbocycles. The third-order valence-electron chi connectivity index (χ3n) is 3.90. The van der Waals surface area contributed by atoms with Crippen LogP contribution in [-0.2, 0) is 14.3 Å². The van der Waals surface area contributed by atoms with E-state index in [0.29, 0.717) is 24.0 Å². The number of esters is 1. The van der Waals surface area contributed by atoms with Gasteiger partial charge in [0.1, 0.15) is 0 Å². The minimum atomic E-state index is -0.0244. The first-order valence-electron chi connectivity index (χ1n) is 5.04. The summed E-state index contributed by atoms with van der Waals surface area (Å²) in [7, 11) is 1.48. The molecular weight excluding hydrogens is 168 g/mol. The van der Waals surface area contributed by atoms with Crippen LogP contribution in [0.5, 0.6) is 0 Å². The number of hydrogen-bond donors (Lipinski definition) is 0. The number of carbonyl (C=O) groups excluding carboxylic acids is 1. The maximum Gasteiger partial charge on any atom is 0.309 e. The molecule has 5 atom stereocenters. The van der Waals surface area contributed by atoms with Crippen LogP contribution >= 0.6 is 0 Å². The van der Waals surface area contributed by atoms with E-state index in [1.807, 2.05) is 0 Å². The Kier molecular flexibility index (Phi) is 1.48. The number of ether oxygens (including phenoxy) is 2. The van der Waals surface area contributed by atoms with Crippen molar-refractivity contribution in [2.45, 2.75) is 31.5 Å². The summed E-state index contributed by atoms with van der Waals surface area (Å²) in [6.45, 7) is 0. The predicted molar refractivity (Wildman–Crippen MR) is 45.0 cm³/mol. The first-order valence-corrected chi connectivity index (χ1v) is 5.04. The topological polar surface area (TPSA) is 38.8 Å². The van der Waals surface area contributed by atoms with Crippen molar-refractivity contribution in [3.8, 4) is 0 Å². The lowest BCUT2D eigenvalue weighted by Gasteiger charge is -2.37. The van der Waals surface area contributed by atoms with Gasteiger partial charge in [0.2, 0.25) is 0 Å². The number of epoxide rings is 1. The van der Waals surface area contributed by atoms with Gasteiger partial charge in [-0.1, -0.05) is 0 Å². The highest BCUT2D eigenvalue weighted by atomic mass is 16.6. The highest BCUT2D eigenvalue weighted by Crippen LogP contribution is 2.55. The molecule has 0 radical (unpaired) electrons. The standard InChI is InChI=1S/C10H14O3/c1-12-10(11)7-4-5-2-3-6(7)9-8(5)13-9/h5-9H,2-4H2,1H3/t5-,6+,7-,8-,9+/m0/s1. The minimum absolute atomic E-state index is 0.0244. The zero-order valence-corrected chi connectivity index (χ0v) is 7.73. The lowest BCUT2D eigenvalue weighted by atomic mass is 9.65. The van der Waals surface area contributed by atoms with E-state index in [1.54, 1.807) is 0 Å². The first kappa shape index (κ1) is 7.80. The van der Waals surface area contributed by atoms with Crippen LogP contribution in [0.3, 0.4) is 0 Å². The summed E-state index contributed by atoms with van der Waals surface area (Å²) in [5, 5.41) is 0. The lowest BCUT2D eigenvalue weighted by molar-refractivity contribution is -0.150. The normalized spacial score (nSPS) is 51.3. The second kappa shape index (κ2) is 2.47. The Morgan fingerprint density at radius 2 is 2.23 bits per heavy atom. The molecule has 72 valence electrons. The zero-order chi connectivity index (χ0) is 9.00. The maximum absolute atomic E-state index is 11.4. The Hall–Kier alpha value is -0.570. The van der Waals surface area contributed by atoms with Crippen LogP contribution in [0.25, 0.3) is 0 Å². The fourth-order valence-electron chi connectivity index (χ4n) is 3.20. The van der Waals surface area contributed by atoms with E-state index in [1.165, 1.54) is 13.5 Å². The number of fused-ring (bicyclic) bond motifs is 2. The molecule has 4 rings (SSSR count). The summed E-state index contributed by atoms with van der Waals surface area (Å²) in [6.07, 6.45) is 4.31. The average Bonchev–Trinajstić information content (AvgIpc) is 2.97. The molecule has 1 heterocycles. The lowest BCUT2D eigenvalue weighted by Crippen LogP contribution is -2.41. The Balaban J connectivity index is 1.81. The number of methoxy groups -OCH3 is 1. The largest absolute Gasteiger partial charge is 0.469 e. The number of carbonyl (C=O) groups is 1. The van der Waals surface area contributed by atoms with Gasteiger partial charge in [-0.15, -0.1) is 0 Å². The predicted octanol–water partition coefficient (Wildman–Crippen LogP) is 0.973. The van der Waals surface area contributed by atoms with Gasteiger partial charge in [-0.25, -0.2) is 0 Å². The van der Waals surface area contributed by atoms with Crippen LogP contribution < -0.4 is 0 Å². The van der Waals surface area contributed by atoms with Gasteiger partial charge in [0, 0.05) is 5.92 Å². The highest BCUT2D eigenvalue weighted by Gasteiger charge is 2.60. The average molecular weight is 182 g/mol. The summed E-state index contributed by atoms with van der Waals surface area (Å²) >= 11 is 0. The van der Waals surface area contributed by atoms with E-state index in [2.05, 4.69) is 0 Å². The summed E-state index contributed by atoms with van der Waals surface area (Å²) in [5.74, 6) is 1.21. The van der Waals surface area contributed by atoms with Gasteiger partial charge >= 0.3 is 5.97 Å². The Labute approximate surface area is 77.4 Å². The van der Waals surface area contributed by atoms with Crippen molar-refractivity contribution < 1.29 is 14.3 Å². The van der Waals surface area contributed by atoms with Crippen molar-refractivity contribution in [3.05, 3.63) is 0 Å². The molecule has 1 aliphatic heterocycles. The summed E-state index contributed by atoms with van der Waals surface area (Å²) < 4.78 is 10.4. The number of hydrogen-bond acceptors (Lipinski definition) is 3. The van der Waals surface area contributed by atoms with Crippen molar-refractivity contribution >= 4 is 5.97 Å². The summed E-state index contributed by atoms with van der Waals surface area (Å²) in [5.41, 5.74) is 0. The molecule has 13 heavy (non-hydrogen) atoms. The molecule has 1 saturated heterocycles. The summed E-state index contributed by atoms with van der Waals surface area (Å²) in [4.78, 5) is 11.4. The molecule has 2 bridgehead atoms. The van der Waals surface area contributed by atoms with Crippen molar-refractivity contribution in [1.29, 1.82) is 0 Å². The molecule has 3 heteroatoms. The van der Waals surface area contributed by atoms with E-state index in [4.69, 9.17) is 9.47 Å². The fraction of sp³-hybridized carbons (Fsp3) is 0.900. The van der Waals surface area contributed by atoms with Crippen molar-refractivity contribution in [2.75, 3.05) is 7.11 Å². The van der Waals surface area contributed by atoms with Crippen LogP contribution in [0.15, 0.2) is 0 Å². The molecule has 0 aromatic heterocycles. The Morgan fingerprint density at radius 1 is 1.38 bits per heavy atom.